The Morgan fingerprint density at radius 3 is 2.89 bits per heavy atom. The molecule has 3 atom stereocenters. The summed E-state index contributed by atoms with van der Waals surface area (Å²) < 4.78 is 6.29. The van der Waals surface area contributed by atoms with Crippen molar-refractivity contribution < 1.29 is 14.1 Å². The molecule has 2 saturated carbocycles. The maximum absolute atomic E-state index is 12.4. The van der Waals surface area contributed by atoms with Gasteiger partial charge in [-0.3, -0.25) is 14.9 Å². The first-order chi connectivity index (χ1) is 13.4. The van der Waals surface area contributed by atoms with Crippen molar-refractivity contribution in [2.24, 2.45) is 22.4 Å². The van der Waals surface area contributed by atoms with E-state index in [-0.39, 0.29) is 22.9 Å². The first kappa shape index (κ1) is 18.9. The summed E-state index contributed by atoms with van der Waals surface area (Å²) in [5.74, 6) is 1.58. The van der Waals surface area contributed by atoms with Gasteiger partial charge in [0.2, 0.25) is 5.91 Å². The number of nitrogens with one attached hydrogen (secondary N) is 1. The van der Waals surface area contributed by atoms with Crippen LogP contribution in [0.4, 0.5) is 5.69 Å². The van der Waals surface area contributed by atoms with E-state index in [1.165, 1.54) is 31.2 Å². The Kier molecular flexibility index (Phi) is 4.82. The van der Waals surface area contributed by atoms with Crippen LogP contribution in [0.1, 0.15) is 38.4 Å². The molecule has 28 heavy (non-hydrogen) atoms. The molecule has 1 heterocycles. The predicted molar refractivity (Wildman–Crippen MR) is 108 cm³/mol. The fourth-order valence-corrected chi connectivity index (χ4v) is 5.03. The summed E-state index contributed by atoms with van der Waals surface area (Å²) in [6.07, 6.45) is 6.12. The summed E-state index contributed by atoms with van der Waals surface area (Å²) in [7, 11) is 0. The second-order valence-electron chi connectivity index (χ2n) is 7.69. The number of nitro groups is 1. The average molecular weight is 446 g/mol. The summed E-state index contributed by atoms with van der Waals surface area (Å²) in [5.41, 5.74) is 3.49. The molecule has 2 aromatic rings. The summed E-state index contributed by atoms with van der Waals surface area (Å²) in [6.45, 7) is 2.20. The molecular formula is C20H20BrN3O4. The molecule has 146 valence electrons. The van der Waals surface area contributed by atoms with Gasteiger partial charge in [-0.15, -0.1) is 0 Å². The Morgan fingerprint density at radius 2 is 2.21 bits per heavy atom. The van der Waals surface area contributed by atoms with Gasteiger partial charge in [0, 0.05) is 28.1 Å². The molecular weight excluding hydrogens is 426 g/mol. The number of carbonyl (C=O) groups excluding carboxylic acids is 1. The van der Waals surface area contributed by atoms with Crippen molar-refractivity contribution in [2.75, 3.05) is 0 Å². The topological polar surface area (TPSA) is 97.7 Å². The molecule has 4 rings (SSSR count). The normalized spacial score (nSPS) is 26.1. The first-order valence-electron chi connectivity index (χ1n) is 9.27. The van der Waals surface area contributed by atoms with Gasteiger partial charge in [-0.25, -0.2) is 5.43 Å². The standard InChI is InChI=1S/C20H20BrN3O4/c1-20-9-3-2-4-15(20)18(20)19(25)23-22-11-13-6-8-17(28-13)14-7-5-12(24(26)27)10-16(14)21/h5-8,10-11,15,18H,2-4,9H2,1H3,(H,23,25)/b22-11-/t15-,18+,20-/m0/s1. The van der Waals surface area contributed by atoms with Crippen LogP contribution in [0.15, 0.2) is 44.3 Å². The van der Waals surface area contributed by atoms with Crippen molar-refractivity contribution >= 4 is 33.7 Å². The van der Waals surface area contributed by atoms with Gasteiger partial charge in [-0.2, -0.15) is 5.10 Å². The van der Waals surface area contributed by atoms with Crippen LogP contribution >= 0.6 is 15.9 Å². The van der Waals surface area contributed by atoms with Crippen molar-refractivity contribution in [3.63, 3.8) is 0 Å². The highest BCUT2D eigenvalue weighted by molar-refractivity contribution is 9.10. The molecule has 8 heteroatoms. The number of carbonyl (C=O) groups is 1. The fraction of sp³-hybridized carbons (Fsp3) is 0.400. The molecule has 1 N–H and O–H groups in total. The minimum atomic E-state index is -0.451. The fourth-order valence-electron chi connectivity index (χ4n) is 4.46. The molecule has 1 aromatic heterocycles. The number of amides is 1. The van der Waals surface area contributed by atoms with Crippen LogP contribution in [0.25, 0.3) is 11.3 Å². The molecule has 0 radical (unpaired) electrons. The molecule has 0 saturated heterocycles. The quantitative estimate of drug-likeness (QED) is 0.402. The van der Waals surface area contributed by atoms with Crippen molar-refractivity contribution in [3.8, 4) is 11.3 Å². The molecule has 0 unspecified atom stereocenters. The molecule has 1 amide bonds. The number of hydrogen-bond donors (Lipinski definition) is 1. The number of hydrazone groups is 1. The molecule has 2 aliphatic carbocycles. The van der Waals surface area contributed by atoms with Crippen LogP contribution in [0.3, 0.4) is 0 Å². The molecule has 0 aliphatic heterocycles. The number of rotatable bonds is 5. The summed E-state index contributed by atoms with van der Waals surface area (Å²) in [4.78, 5) is 22.8. The SMILES string of the molecule is C[C@]12CCCC[C@H]1[C@@H]2C(=O)N/N=C\c1ccc(-c2ccc([N+](=O)[O-])cc2Br)o1. The zero-order chi connectivity index (χ0) is 19.9. The Balaban J connectivity index is 1.40. The molecule has 0 bridgehead atoms. The van der Waals surface area contributed by atoms with E-state index in [4.69, 9.17) is 4.42 Å². The van der Waals surface area contributed by atoms with Crippen LogP contribution in [0.2, 0.25) is 0 Å². The Morgan fingerprint density at radius 1 is 1.39 bits per heavy atom. The van der Waals surface area contributed by atoms with Crippen LogP contribution in [-0.4, -0.2) is 17.0 Å². The highest BCUT2D eigenvalue weighted by Gasteiger charge is 2.64. The van der Waals surface area contributed by atoms with Gasteiger partial charge in [0.1, 0.15) is 11.5 Å². The van der Waals surface area contributed by atoms with Crippen molar-refractivity contribution in [2.45, 2.75) is 32.6 Å². The highest BCUT2D eigenvalue weighted by atomic mass is 79.9. The zero-order valence-electron chi connectivity index (χ0n) is 15.4. The Bertz CT molecular complexity index is 970. The van der Waals surface area contributed by atoms with Crippen molar-refractivity contribution in [3.05, 3.63) is 50.7 Å². The van der Waals surface area contributed by atoms with E-state index in [1.807, 2.05) is 0 Å². The highest BCUT2D eigenvalue weighted by Crippen LogP contribution is 2.66. The lowest BCUT2D eigenvalue weighted by molar-refractivity contribution is -0.384. The number of nitrogens with zero attached hydrogens (tertiary/aromatic N) is 2. The molecule has 2 fully saturated rings. The zero-order valence-corrected chi connectivity index (χ0v) is 16.9. The average Bonchev–Trinajstić information content (AvgIpc) is 3.03. The van der Waals surface area contributed by atoms with Crippen molar-refractivity contribution in [1.29, 1.82) is 0 Å². The van der Waals surface area contributed by atoms with Gasteiger partial charge < -0.3 is 4.42 Å². The lowest BCUT2D eigenvalue weighted by atomic mass is 9.90. The molecule has 7 nitrogen and oxygen atoms in total. The maximum atomic E-state index is 12.4. The molecule has 0 spiro atoms. The molecule has 1 aromatic carbocycles. The third kappa shape index (κ3) is 3.37. The number of non-ortho nitro benzene ring substituents is 1. The van der Waals surface area contributed by atoms with Gasteiger partial charge in [0.25, 0.3) is 5.69 Å². The predicted octanol–water partition coefficient (Wildman–Crippen LogP) is 4.89. The van der Waals surface area contributed by atoms with E-state index in [1.54, 1.807) is 18.2 Å². The van der Waals surface area contributed by atoms with E-state index in [9.17, 15) is 14.9 Å². The van der Waals surface area contributed by atoms with Crippen LogP contribution < -0.4 is 5.43 Å². The van der Waals surface area contributed by atoms with Crippen LogP contribution in [0.5, 0.6) is 0 Å². The smallest absolute Gasteiger partial charge is 0.270 e. The number of hydrogen-bond acceptors (Lipinski definition) is 5. The van der Waals surface area contributed by atoms with Crippen molar-refractivity contribution in [1.82, 2.24) is 5.43 Å². The summed E-state index contributed by atoms with van der Waals surface area (Å²) in [5, 5.41) is 14.9. The maximum Gasteiger partial charge on any atom is 0.270 e. The number of nitro benzene ring substituents is 1. The number of halogens is 1. The van der Waals surface area contributed by atoms with Gasteiger partial charge >= 0.3 is 0 Å². The summed E-state index contributed by atoms with van der Waals surface area (Å²) >= 11 is 3.34. The Labute approximate surface area is 170 Å². The lowest BCUT2D eigenvalue weighted by Crippen LogP contribution is -2.22. The van der Waals surface area contributed by atoms with E-state index >= 15 is 0 Å². The summed E-state index contributed by atoms with van der Waals surface area (Å²) in [6, 6.07) is 7.97. The van der Waals surface area contributed by atoms with Gasteiger partial charge in [0.15, 0.2) is 0 Å². The van der Waals surface area contributed by atoms with Crippen LogP contribution in [0, 0.1) is 27.4 Å². The second-order valence-corrected chi connectivity index (χ2v) is 8.55. The monoisotopic (exact) mass is 445 g/mol. The van der Waals surface area contributed by atoms with E-state index < -0.39 is 4.92 Å². The minimum Gasteiger partial charge on any atom is -0.455 e. The Hall–Kier alpha value is -2.48. The first-order valence-corrected chi connectivity index (χ1v) is 10.1. The van der Waals surface area contributed by atoms with E-state index in [0.717, 1.165) is 12.8 Å². The minimum absolute atomic E-state index is 0.000943. The van der Waals surface area contributed by atoms with E-state index in [2.05, 4.69) is 33.4 Å². The third-order valence-electron chi connectivity index (χ3n) is 6.04. The van der Waals surface area contributed by atoms with Gasteiger partial charge in [0.05, 0.1) is 11.1 Å². The van der Waals surface area contributed by atoms with Gasteiger partial charge in [-0.1, -0.05) is 19.8 Å². The van der Waals surface area contributed by atoms with Gasteiger partial charge in [-0.05, 0) is 58.3 Å². The number of fused-ring (bicyclic) bond motifs is 1. The molecule has 2 aliphatic rings. The largest absolute Gasteiger partial charge is 0.455 e. The second kappa shape index (κ2) is 7.16. The van der Waals surface area contributed by atoms with Crippen LogP contribution in [-0.2, 0) is 4.79 Å². The third-order valence-corrected chi connectivity index (χ3v) is 6.69. The lowest BCUT2D eigenvalue weighted by Gasteiger charge is -2.15. The van der Waals surface area contributed by atoms with E-state index in [0.29, 0.717) is 27.5 Å². The number of furan rings is 1. The number of benzene rings is 1.